The van der Waals surface area contributed by atoms with Crippen LogP contribution in [-0.2, 0) is 4.74 Å². The predicted molar refractivity (Wildman–Crippen MR) is 73.8 cm³/mol. The van der Waals surface area contributed by atoms with Crippen LogP contribution in [0.1, 0.15) is 42.5 Å². The number of nitrogens with one attached hydrogen (secondary N) is 1. The van der Waals surface area contributed by atoms with Crippen LogP contribution in [0.25, 0.3) is 0 Å². The summed E-state index contributed by atoms with van der Waals surface area (Å²) in [4.78, 5) is 23.0. The van der Waals surface area contributed by atoms with Crippen molar-refractivity contribution in [1.82, 2.24) is 5.32 Å². The summed E-state index contributed by atoms with van der Waals surface area (Å²) in [7, 11) is 1.32. The molecule has 1 aliphatic carbocycles. The maximum atomic E-state index is 11.7. The molecule has 20 heavy (non-hydrogen) atoms. The van der Waals surface area contributed by atoms with E-state index in [1.165, 1.54) is 13.5 Å². The second-order valence-corrected chi connectivity index (χ2v) is 4.88. The predicted octanol–water partition coefficient (Wildman–Crippen LogP) is 2.89. The Bertz CT molecular complexity index is 463. The van der Waals surface area contributed by atoms with Crippen molar-refractivity contribution in [3.05, 3.63) is 29.8 Å². The van der Waals surface area contributed by atoms with E-state index >= 15 is 0 Å². The zero-order valence-corrected chi connectivity index (χ0v) is 11.6. The van der Waals surface area contributed by atoms with Gasteiger partial charge < -0.3 is 14.8 Å². The summed E-state index contributed by atoms with van der Waals surface area (Å²) in [6, 6.07) is 6.49. The van der Waals surface area contributed by atoms with Gasteiger partial charge in [0.1, 0.15) is 5.75 Å². The molecule has 0 bridgehead atoms. The Morgan fingerprint density at radius 2 is 1.75 bits per heavy atom. The van der Waals surface area contributed by atoms with Crippen LogP contribution in [0.2, 0.25) is 0 Å². The highest BCUT2D eigenvalue weighted by Gasteiger charge is 2.16. The van der Waals surface area contributed by atoms with Crippen molar-refractivity contribution in [3.63, 3.8) is 0 Å². The van der Waals surface area contributed by atoms with E-state index in [0.29, 0.717) is 11.3 Å². The van der Waals surface area contributed by atoms with Crippen LogP contribution in [-0.4, -0.2) is 25.2 Å². The number of hydrogen-bond acceptors (Lipinski definition) is 4. The molecule has 0 atom stereocenters. The lowest BCUT2D eigenvalue weighted by Gasteiger charge is -2.22. The summed E-state index contributed by atoms with van der Waals surface area (Å²) in [5.74, 6) is -0.00540. The number of rotatable bonds is 3. The van der Waals surface area contributed by atoms with Crippen LogP contribution in [0.4, 0.5) is 4.79 Å². The normalized spacial score (nSPS) is 15.4. The highest BCUT2D eigenvalue weighted by atomic mass is 16.6. The van der Waals surface area contributed by atoms with Crippen molar-refractivity contribution < 1.29 is 19.1 Å². The van der Waals surface area contributed by atoms with E-state index in [2.05, 4.69) is 10.1 Å². The number of amides is 1. The highest BCUT2D eigenvalue weighted by molar-refractivity contribution is 5.89. The highest BCUT2D eigenvalue weighted by Crippen LogP contribution is 2.18. The smallest absolute Gasteiger partial charge is 0.412 e. The van der Waals surface area contributed by atoms with E-state index in [1.807, 2.05) is 0 Å². The number of carbonyl (C=O) groups excluding carboxylic acids is 2. The summed E-state index contributed by atoms with van der Waals surface area (Å²) >= 11 is 0. The van der Waals surface area contributed by atoms with Gasteiger partial charge in [-0.25, -0.2) is 9.59 Å². The van der Waals surface area contributed by atoms with Crippen molar-refractivity contribution in [2.24, 2.45) is 0 Å². The van der Waals surface area contributed by atoms with Gasteiger partial charge in [0.2, 0.25) is 0 Å². The van der Waals surface area contributed by atoms with Gasteiger partial charge in [-0.1, -0.05) is 19.3 Å². The van der Waals surface area contributed by atoms with Gasteiger partial charge >= 0.3 is 12.1 Å². The van der Waals surface area contributed by atoms with Crippen molar-refractivity contribution in [3.8, 4) is 5.75 Å². The Kier molecular flexibility index (Phi) is 4.98. The zero-order valence-electron chi connectivity index (χ0n) is 11.6. The number of hydrogen-bond donors (Lipinski definition) is 1. The van der Waals surface area contributed by atoms with Crippen molar-refractivity contribution >= 4 is 12.1 Å². The fourth-order valence-electron chi connectivity index (χ4n) is 2.33. The van der Waals surface area contributed by atoms with E-state index < -0.39 is 12.1 Å². The third-order valence-electron chi connectivity index (χ3n) is 3.41. The molecule has 1 aromatic rings. The van der Waals surface area contributed by atoms with Crippen LogP contribution >= 0.6 is 0 Å². The molecule has 1 saturated carbocycles. The minimum Gasteiger partial charge on any atom is -0.465 e. The molecule has 1 amide bonds. The Hall–Kier alpha value is -2.04. The van der Waals surface area contributed by atoms with Gasteiger partial charge in [0.25, 0.3) is 0 Å². The monoisotopic (exact) mass is 277 g/mol. The summed E-state index contributed by atoms with van der Waals surface area (Å²) in [5, 5.41) is 2.86. The second-order valence-electron chi connectivity index (χ2n) is 4.88. The first-order valence-corrected chi connectivity index (χ1v) is 6.86. The largest absolute Gasteiger partial charge is 0.465 e. The number of benzene rings is 1. The molecule has 1 aromatic carbocycles. The van der Waals surface area contributed by atoms with Gasteiger partial charge in [-0.2, -0.15) is 0 Å². The van der Waals surface area contributed by atoms with Crippen LogP contribution in [0.5, 0.6) is 5.75 Å². The van der Waals surface area contributed by atoms with E-state index in [1.54, 1.807) is 24.3 Å². The van der Waals surface area contributed by atoms with Crippen LogP contribution in [0.15, 0.2) is 24.3 Å². The Morgan fingerprint density at radius 1 is 1.10 bits per heavy atom. The van der Waals surface area contributed by atoms with Gasteiger partial charge in [-0.3, -0.25) is 0 Å². The average Bonchev–Trinajstić information content (AvgIpc) is 2.48. The van der Waals surface area contributed by atoms with Gasteiger partial charge in [-0.05, 0) is 37.1 Å². The quantitative estimate of drug-likeness (QED) is 0.863. The first-order chi connectivity index (χ1) is 9.69. The number of methoxy groups -OCH3 is 1. The minimum atomic E-state index is -0.442. The van der Waals surface area contributed by atoms with E-state index in [0.717, 1.165) is 25.7 Å². The molecule has 108 valence electrons. The molecule has 2 rings (SSSR count). The summed E-state index contributed by atoms with van der Waals surface area (Å²) in [6.07, 6.45) is 5.12. The number of carbonyl (C=O) groups is 2. The molecular weight excluding hydrogens is 258 g/mol. The topological polar surface area (TPSA) is 64.6 Å². The Balaban J connectivity index is 1.85. The molecule has 0 saturated heterocycles. The molecule has 0 unspecified atom stereocenters. The van der Waals surface area contributed by atoms with Gasteiger partial charge in [-0.15, -0.1) is 0 Å². The first kappa shape index (κ1) is 14.4. The van der Waals surface area contributed by atoms with Crippen LogP contribution < -0.4 is 10.1 Å². The van der Waals surface area contributed by atoms with Crippen molar-refractivity contribution in [2.75, 3.05) is 7.11 Å². The lowest BCUT2D eigenvalue weighted by atomic mass is 9.96. The molecule has 1 N–H and O–H groups in total. The SMILES string of the molecule is COC(=O)c1ccc(OC(=O)NC2CCCCC2)cc1. The molecule has 0 radical (unpaired) electrons. The van der Waals surface area contributed by atoms with E-state index in [9.17, 15) is 9.59 Å². The average molecular weight is 277 g/mol. The third-order valence-corrected chi connectivity index (χ3v) is 3.41. The lowest BCUT2D eigenvalue weighted by molar-refractivity contribution is 0.0600. The van der Waals surface area contributed by atoms with Crippen LogP contribution in [0, 0.1) is 0 Å². The molecule has 5 heteroatoms. The van der Waals surface area contributed by atoms with Crippen molar-refractivity contribution in [2.45, 2.75) is 38.1 Å². The van der Waals surface area contributed by atoms with Crippen LogP contribution in [0.3, 0.4) is 0 Å². The molecule has 0 spiro atoms. The molecule has 1 fully saturated rings. The fourth-order valence-corrected chi connectivity index (χ4v) is 2.33. The van der Waals surface area contributed by atoms with E-state index in [4.69, 9.17) is 4.74 Å². The Morgan fingerprint density at radius 3 is 2.35 bits per heavy atom. The molecule has 1 aliphatic rings. The summed E-state index contributed by atoms with van der Waals surface area (Å²) in [5.41, 5.74) is 0.424. The standard InChI is InChI=1S/C15H19NO4/c1-19-14(17)11-7-9-13(10-8-11)20-15(18)16-12-5-3-2-4-6-12/h7-10,12H,2-6H2,1H3,(H,16,18). The molecule has 5 nitrogen and oxygen atoms in total. The first-order valence-electron chi connectivity index (χ1n) is 6.86. The molecule has 0 heterocycles. The number of ether oxygens (including phenoxy) is 2. The van der Waals surface area contributed by atoms with Crippen molar-refractivity contribution in [1.29, 1.82) is 0 Å². The minimum absolute atomic E-state index is 0.214. The summed E-state index contributed by atoms with van der Waals surface area (Å²) in [6.45, 7) is 0. The molecular formula is C15H19NO4. The molecule has 0 aliphatic heterocycles. The molecule has 0 aromatic heterocycles. The fraction of sp³-hybridized carbons (Fsp3) is 0.467. The van der Waals surface area contributed by atoms with E-state index in [-0.39, 0.29) is 6.04 Å². The number of esters is 1. The van der Waals surface area contributed by atoms with Gasteiger partial charge in [0, 0.05) is 6.04 Å². The van der Waals surface area contributed by atoms with Gasteiger partial charge in [0.05, 0.1) is 12.7 Å². The summed E-state index contributed by atoms with van der Waals surface area (Å²) < 4.78 is 9.78. The maximum absolute atomic E-state index is 11.7. The van der Waals surface area contributed by atoms with Gasteiger partial charge in [0.15, 0.2) is 0 Å². The zero-order chi connectivity index (χ0) is 14.4. The maximum Gasteiger partial charge on any atom is 0.412 e. The third kappa shape index (κ3) is 3.98. The second kappa shape index (κ2) is 6.93. The Labute approximate surface area is 118 Å². The lowest BCUT2D eigenvalue weighted by Crippen LogP contribution is -2.37.